The minimum atomic E-state index is -0.923. The van der Waals surface area contributed by atoms with Gasteiger partial charge in [0, 0.05) is 46.5 Å². The molecule has 7 heteroatoms. The molecular formula is C41H46O7. The molecule has 252 valence electrons. The van der Waals surface area contributed by atoms with Crippen LogP contribution in [0, 0.1) is 5.92 Å². The number of hydrogen-bond acceptors (Lipinski definition) is 7. The van der Waals surface area contributed by atoms with Crippen molar-refractivity contribution in [3.63, 3.8) is 0 Å². The molecule has 48 heavy (non-hydrogen) atoms. The average molecular weight is 651 g/mol. The van der Waals surface area contributed by atoms with Crippen molar-refractivity contribution in [1.82, 2.24) is 0 Å². The van der Waals surface area contributed by atoms with Gasteiger partial charge < -0.3 is 18.9 Å². The molecule has 0 aliphatic rings. The lowest BCUT2D eigenvalue weighted by molar-refractivity contribution is -0.132. The Morgan fingerprint density at radius 1 is 0.688 bits per heavy atom. The molecule has 0 saturated carbocycles. The number of carbonyl (C=O) groups is 3. The van der Waals surface area contributed by atoms with Gasteiger partial charge in [0.05, 0.1) is 0 Å². The van der Waals surface area contributed by atoms with Crippen LogP contribution in [0.1, 0.15) is 86.3 Å². The first-order valence-corrected chi connectivity index (χ1v) is 16.3. The number of rotatable bonds is 11. The summed E-state index contributed by atoms with van der Waals surface area (Å²) in [6, 6.07) is 18.2. The maximum atomic E-state index is 13.9. The van der Waals surface area contributed by atoms with Crippen molar-refractivity contribution in [2.75, 3.05) is 0 Å². The van der Waals surface area contributed by atoms with Crippen LogP contribution in [0.4, 0.5) is 4.79 Å². The molecule has 0 N–H and O–H groups in total. The molecule has 0 unspecified atom stereocenters. The van der Waals surface area contributed by atoms with Crippen LogP contribution in [0.2, 0.25) is 0 Å². The van der Waals surface area contributed by atoms with Crippen molar-refractivity contribution in [2.45, 2.75) is 87.0 Å². The molecule has 7 nitrogen and oxygen atoms in total. The highest BCUT2D eigenvalue weighted by molar-refractivity contribution is 5.99. The second-order valence-corrected chi connectivity index (χ2v) is 13.6. The van der Waals surface area contributed by atoms with E-state index in [9.17, 15) is 14.4 Å². The van der Waals surface area contributed by atoms with Gasteiger partial charge in [-0.3, -0.25) is 9.59 Å². The SMILES string of the molecule is CC(=O)Oc1cc(CC=C(C)C)c(OC(=O)Oc2c(C(C)(C)C/C=C(\C)CC(C)C)cc(OC(C)=O)c3ccccc23)c2ccccc12. The molecule has 0 amide bonds. The Bertz CT molecular complexity index is 1910. The number of ether oxygens (including phenoxy) is 4. The van der Waals surface area contributed by atoms with Gasteiger partial charge >= 0.3 is 18.1 Å². The molecule has 4 aromatic rings. The highest BCUT2D eigenvalue weighted by Gasteiger charge is 2.30. The normalized spacial score (nSPS) is 11.8. The molecule has 0 spiro atoms. The summed E-state index contributed by atoms with van der Waals surface area (Å²) in [4.78, 5) is 38.0. The second-order valence-electron chi connectivity index (χ2n) is 13.6. The Hall–Kier alpha value is -4.91. The van der Waals surface area contributed by atoms with E-state index in [2.05, 4.69) is 40.7 Å². The van der Waals surface area contributed by atoms with Crippen LogP contribution >= 0.6 is 0 Å². The fraction of sp³-hybridized carbons (Fsp3) is 0.341. The summed E-state index contributed by atoms with van der Waals surface area (Å²) in [6.45, 7) is 17.3. The van der Waals surface area contributed by atoms with E-state index in [1.54, 1.807) is 12.1 Å². The molecule has 0 atom stereocenters. The predicted octanol–water partition coefficient (Wildman–Crippen LogP) is 10.6. The standard InChI is InChI=1S/C41H46O7/c1-25(2)18-19-30-23-36(45-28(6)42)31-14-10-12-16-33(31)38(30)47-40(44)48-39-34-17-13-11-15-32(34)37(46-29(7)43)24-35(39)41(8,9)21-20-27(5)22-26(3)4/h10-18,20,23-24,26H,19,21-22H2,1-9H3/b27-20+. The maximum absolute atomic E-state index is 13.9. The van der Waals surface area contributed by atoms with Crippen LogP contribution in [0.25, 0.3) is 21.5 Å². The van der Waals surface area contributed by atoms with Gasteiger partial charge in [-0.2, -0.15) is 0 Å². The van der Waals surface area contributed by atoms with Crippen molar-refractivity contribution in [2.24, 2.45) is 5.92 Å². The number of hydrogen-bond donors (Lipinski definition) is 0. The smallest absolute Gasteiger partial charge is 0.426 e. The Labute approximate surface area is 283 Å². The summed E-state index contributed by atoms with van der Waals surface area (Å²) in [5, 5.41) is 2.46. The first-order chi connectivity index (χ1) is 22.7. The zero-order valence-corrected chi connectivity index (χ0v) is 29.5. The van der Waals surface area contributed by atoms with Gasteiger partial charge in [0.15, 0.2) is 0 Å². The minimum absolute atomic E-state index is 0.317. The van der Waals surface area contributed by atoms with Crippen molar-refractivity contribution < 1.29 is 33.3 Å². The van der Waals surface area contributed by atoms with E-state index in [4.69, 9.17) is 18.9 Å². The van der Waals surface area contributed by atoms with E-state index in [1.165, 1.54) is 19.4 Å². The average Bonchev–Trinajstić information content (AvgIpc) is 3.00. The fourth-order valence-corrected chi connectivity index (χ4v) is 5.82. The second kappa shape index (κ2) is 15.3. The Morgan fingerprint density at radius 2 is 1.19 bits per heavy atom. The van der Waals surface area contributed by atoms with Crippen LogP contribution in [0.15, 0.2) is 84.0 Å². The molecule has 0 heterocycles. The van der Waals surface area contributed by atoms with Crippen LogP contribution in [-0.4, -0.2) is 18.1 Å². The predicted molar refractivity (Wildman–Crippen MR) is 191 cm³/mol. The summed E-state index contributed by atoms with van der Waals surface area (Å²) in [7, 11) is 0. The molecule has 4 aromatic carbocycles. The highest BCUT2D eigenvalue weighted by atomic mass is 16.7. The van der Waals surface area contributed by atoms with Gasteiger partial charge in [0.25, 0.3) is 0 Å². The monoisotopic (exact) mass is 650 g/mol. The molecule has 0 bridgehead atoms. The van der Waals surface area contributed by atoms with Crippen molar-refractivity contribution >= 4 is 39.6 Å². The lowest BCUT2D eigenvalue weighted by atomic mass is 9.79. The molecular weight excluding hydrogens is 604 g/mol. The number of esters is 2. The van der Waals surface area contributed by atoms with E-state index in [-0.39, 0.29) is 0 Å². The first-order valence-electron chi connectivity index (χ1n) is 16.3. The molecule has 0 fully saturated rings. The highest BCUT2D eigenvalue weighted by Crippen LogP contribution is 2.45. The van der Waals surface area contributed by atoms with Crippen LogP contribution in [-0.2, 0) is 21.4 Å². The molecule has 0 aromatic heterocycles. The lowest BCUT2D eigenvalue weighted by Gasteiger charge is -2.28. The zero-order chi connectivity index (χ0) is 35.2. The molecule has 0 saturated heterocycles. The van der Waals surface area contributed by atoms with Crippen LogP contribution in [0.5, 0.6) is 23.0 Å². The third kappa shape index (κ3) is 8.91. The molecule has 0 radical (unpaired) electrons. The van der Waals surface area contributed by atoms with Crippen molar-refractivity contribution in [1.29, 1.82) is 0 Å². The largest absolute Gasteiger partial charge is 0.519 e. The zero-order valence-electron chi connectivity index (χ0n) is 29.5. The van der Waals surface area contributed by atoms with Gasteiger partial charge in [-0.1, -0.05) is 99.5 Å². The molecule has 0 aliphatic heterocycles. The number of allylic oxidation sites excluding steroid dienone is 4. The van der Waals surface area contributed by atoms with Gasteiger partial charge in [0.1, 0.15) is 23.0 Å². The number of carbonyl (C=O) groups excluding carboxylic acids is 3. The summed E-state index contributed by atoms with van der Waals surface area (Å²) in [5.74, 6) is 1.05. The van der Waals surface area contributed by atoms with E-state index < -0.39 is 23.5 Å². The minimum Gasteiger partial charge on any atom is -0.426 e. The number of fused-ring (bicyclic) bond motifs is 2. The fourth-order valence-electron chi connectivity index (χ4n) is 5.82. The summed E-state index contributed by atoms with van der Waals surface area (Å²) in [6.07, 6.45) is 5.37. The van der Waals surface area contributed by atoms with Crippen LogP contribution in [0.3, 0.4) is 0 Å². The van der Waals surface area contributed by atoms with E-state index in [0.717, 1.165) is 12.0 Å². The summed E-state index contributed by atoms with van der Waals surface area (Å²) < 4.78 is 23.5. The van der Waals surface area contributed by atoms with E-state index in [0.29, 0.717) is 74.4 Å². The van der Waals surface area contributed by atoms with Gasteiger partial charge in [-0.05, 0) is 63.5 Å². The Balaban J connectivity index is 1.86. The van der Waals surface area contributed by atoms with Crippen molar-refractivity contribution in [3.8, 4) is 23.0 Å². The van der Waals surface area contributed by atoms with Crippen molar-refractivity contribution in [3.05, 3.63) is 95.1 Å². The van der Waals surface area contributed by atoms with Crippen LogP contribution < -0.4 is 18.9 Å². The Kier molecular flexibility index (Phi) is 11.5. The quantitative estimate of drug-likeness (QED) is 0.0691. The first kappa shape index (κ1) is 35.9. The Morgan fingerprint density at radius 3 is 1.71 bits per heavy atom. The van der Waals surface area contributed by atoms with Gasteiger partial charge in [-0.25, -0.2) is 4.79 Å². The maximum Gasteiger partial charge on any atom is 0.519 e. The van der Waals surface area contributed by atoms with Gasteiger partial charge in [-0.15, -0.1) is 0 Å². The lowest BCUT2D eigenvalue weighted by Crippen LogP contribution is -2.22. The summed E-state index contributed by atoms with van der Waals surface area (Å²) >= 11 is 0. The third-order valence-electron chi connectivity index (χ3n) is 8.02. The molecule has 0 aliphatic carbocycles. The summed E-state index contributed by atoms with van der Waals surface area (Å²) in [5.41, 5.74) is 3.18. The third-order valence-corrected chi connectivity index (χ3v) is 8.02. The van der Waals surface area contributed by atoms with E-state index in [1.807, 2.05) is 68.5 Å². The topological polar surface area (TPSA) is 88.1 Å². The molecule has 4 rings (SSSR count). The number of benzene rings is 4. The van der Waals surface area contributed by atoms with Gasteiger partial charge in [0.2, 0.25) is 0 Å². The van der Waals surface area contributed by atoms with E-state index >= 15 is 0 Å².